The van der Waals surface area contributed by atoms with E-state index in [1.807, 2.05) is 25.2 Å². The second kappa shape index (κ2) is 9.54. The van der Waals surface area contributed by atoms with Crippen LogP contribution in [0.4, 0.5) is 0 Å². The van der Waals surface area contributed by atoms with Crippen molar-refractivity contribution in [1.29, 1.82) is 0 Å². The molecule has 0 aromatic heterocycles. The van der Waals surface area contributed by atoms with E-state index in [4.69, 9.17) is 9.47 Å². The monoisotopic (exact) mass is 330 g/mol. The summed E-state index contributed by atoms with van der Waals surface area (Å²) in [7, 11) is 5.07. The lowest BCUT2D eigenvalue weighted by atomic mass is 9.84. The van der Waals surface area contributed by atoms with Crippen LogP contribution >= 0.6 is 12.4 Å². The highest BCUT2D eigenvalue weighted by Gasteiger charge is 2.23. The van der Waals surface area contributed by atoms with Crippen molar-refractivity contribution < 1.29 is 14.3 Å². The summed E-state index contributed by atoms with van der Waals surface area (Å²) < 4.78 is 10.6. The van der Waals surface area contributed by atoms with Crippen molar-refractivity contribution in [3.63, 3.8) is 0 Å². The third-order valence-electron chi connectivity index (χ3n) is 3.49. The van der Waals surface area contributed by atoms with Gasteiger partial charge in [-0.25, -0.2) is 0 Å². The SMILES string of the molecule is CNCCC(=O)NCC(C)(C)c1ccc(OC)c(OC)c1.Cl. The first-order valence-corrected chi connectivity index (χ1v) is 7.08. The van der Waals surface area contributed by atoms with Crippen LogP contribution in [0.1, 0.15) is 25.8 Å². The molecule has 126 valence electrons. The van der Waals surface area contributed by atoms with E-state index in [1.165, 1.54) is 0 Å². The minimum absolute atomic E-state index is 0. The van der Waals surface area contributed by atoms with Gasteiger partial charge < -0.3 is 20.1 Å². The number of methoxy groups -OCH3 is 2. The lowest BCUT2D eigenvalue weighted by Crippen LogP contribution is -2.37. The molecule has 1 aromatic rings. The molecule has 5 nitrogen and oxygen atoms in total. The Morgan fingerprint density at radius 1 is 1.18 bits per heavy atom. The summed E-state index contributed by atoms with van der Waals surface area (Å²) in [6.07, 6.45) is 0.485. The van der Waals surface area contributed by atoms with Gasteiger partial charge in [-0.15, -0.1) is 12.4 Å². The maximum atomic E-state index is 11.7. The molecule has 1 rings (SSSR count). The third kappa shape index (κ3) is 5.73. The number of halogens is 1. The quantitative estimate of drug-likeness (QED) is 0.766. The third-order valence-corrected chi connectivity index (χ3v) is 3.49. The van der Waals surface area contributed by atoms with Gasteiger partial charge in [0.15, 0.2) is 11.5 Å². The fourth-order valence-corrected chi connectivity index (χ4v) is 2.01. The van der Waals surface area contributed by atoms with Crippen molar-refractivity contribution in [3.8, 4) is 11.5 Å². The molecule has 0 saturated heterocycles. The molecule has 2 N–H and O–H groups in total. The summed E-state index contributed by atoms with van der Waals surface area (Å²) in [5, 5.41) is 5.94. The number of nitrogens with one attached hydrogen (secondary N) is 2. The van der Waals surface area contributed by atoms with E-state index in [9.17, 15) is 4.79 Å². The summed E-state index contributed by atoms with van der Waals surface area (Å²) in [6, 6.07) is 5.85. The van der Waals surface area contributed by atoms with E-state index < -0.39 is 0 Å². The van der Waals surface area contributed by atoms with Crippen molar-refractivity contribution in [2.75, 3.05) is 34.4 Å². The molecule has 0 bridgehead atoms. The Bertz CT molecular complexity index is 478. The lowest BCUT2D eigenvalue weighted by molar-refractivity contribution is -0.121. The molecule has 0 aliphatic carbocycles. The number of hydrogen-bond donors (Lipinski definition) is 2. The Balaban J connectivity index is 0.00000441. The second-order valence-corrected chi connectivity index (χ2v) is 5.58. The topological polar surface area (TPSA) is 59.6 Å². The van der Waals surface area contributed by atoms with Crippen molar-refractivity contribution in [1.82, 2.24) is 10.6 Å². The molecule has 0 fully saturated rings. The number of benzene rings is 1. The summed E-state index contributed by atoms with van der Waals surface area (Å²) in [6.45, 7) is 5.44. The van der Waals surface area contributed by atoms with Crippen molar-refractivity contribution in [2.24, 2.45) is 0 Å². The first-order chi connectivity index (χ1) is 9.94. The largest absolute Gasteiger partial charge is 0.493 e. The van der Waals surface area contributed by atoms with Crippen LogP contribution in [0.15, 0.2) is 18.2 Å². The van der Waals surface area contributed by atoms with Crippen LogP contribution in [0, 0.1) is 0 Å². The van der Waals surface area contributed by atoms with Gasteiger partial charge in [-0.1, -0.05) is 19.9 Å². The van der Waals surface area contributed by atoms with E-state index in [0.29, 0.717) is 31.0 Å². The van der Waals surface area contributed by atoms with Crippen LogP contribution in [0.25, 0.3) is 0 Å². The number of amides is 1. The van der Waals surface area contributed by atoms with Crippen LogP contribution in [0.2, 0.25) is 0 Å². The van der Waals surface area contributed by atoms with Crippen molar-refractivity contribution in [3.05, 3.63) is 23.8 Å². The highest BCUT2D eigenvalue weighted by Crippen LogP contribution is 2.32. The van der Waals surface area contributed by atoms with E-state index in [1.54, 1.807) is 14.2 Å². The van der Waals surface area contributed by atoms with Crippen LogP contribution in [-0.2, 0) is 10.2 Å². The Morgan fingerprint density at radius 3 is 2.36 bits per heavy atom. The first-order valence-electron chi connectivity index (χ1n) is 7.08. The maximum absolute atomic E-state index is 11.7. The molecule has 0 spiro atoms. The van der Waals surface area contributed by atoms with Gasteiger partial charge in [-0.05, 0) is 24.7 Å². The van der Waals surface area contributed by atoms with Crippen LogP contribution < -0.4 is 20.1 Å². The van der Waals surface area contributed by atoms with Gasteiger partial charge in [0.05, 0.1) is 14.2 Å². The van der Waals surface area contributed by atoms with E-state index >= 15 is 0 Å². The maximum Gasteiger partial charge on any atom is 0.221 e. The minimum Gasteiger partial charge on any atom is -0.493 e. The van der Waals surface area contributed by atoms with E-state index in [0.717, 1.165) is 5.56 Å². The molecule has 0 saturated carbocycles. The average Bonchev–Trinajstić information content (AvgIpc) is 2.50. The first kappa shape index (κ1) is 20.5. The second-order valence-electron chi connectivity index (χ2n) is 5.58. The van der Waals surface area contributed by atoms with Crippen LogP contribution in [0.3, 0.4) is 0 Å². The Labute approximate surface area is 139 Å². The molecule has 0 atom stereocenters. The molecular weight excluding hydrogens is 304 g/mol. The van der Waals surface area contributed by atoms with Gasteiger partial charge >= 0.3 is 0 Å². The Morgan fingerprint density at radius 2 is 1.82 bits per heavy atom. The molecule has 1 amide bonds. The van der Waals surface area contributed by atoms with Crippen LogP contribution in [-0.4, -0.2) is 40.3 Å². The number of carbonyl (C=O) groups is 1. The summed E-state index contributed by atoms with van der Waals surface area (Å²) in [5.41, 5.74) is 0.906. The van der Waals surface area contributed by atoms with Gasteiger partial charge in [0.1, 0.15) is 0 Å². The number of carbonyl (C=O) groups excluding carboxylic acids is 1. The van der Waals surface area contributed by atoms with Crippen molar-refractivity contribution >= 4 is 18.3 Å². The van der Waals surface area contributed by atoms with Crippen LogP contribution in [0.5, 0.6) is 11.5 Å². The molecule has 0 aliphatic rings. The van der Waals surface area contributed by atoms with Gasteiger partial charge in [-0.3, -0.25) is 4.79 Å². The van der Waals surface area contributed by atoms with E-state index in [-0.39, 0.29) is 23.7 Å². The van der Waals surface area contributed by atoms with Crippen molar-refractivity contribution in [2.45, 2.75) is 25.7 Å². The van der Waals surface area contributed by atoms with E-state index in [2.05, 4.69) is 24.5 Å². The minimum atomic E-state index is -0.186. The molecule has 6 heteroatoms. The predicted octanol–water partition coefficient (Wildman–Crippen LogP) is 2.13. The van der Waals surface area contributed by atoms with Gasteiger partial charge in [-0.2, -0.15) is 0 Å². The highest BCUT2D eigenvalue weighted by molar-refractivity contribution is 5.85. The molecule has 0 radical (unpaired) electrons. The van der Waals surface area contributed by atoms with Gasteiger partial charge in [0, 0.05) is 24.9 Å². The fraction of sp³-hybridized carbons (Fsp3) is 0.562. The summed E-state index contributed by atoms with van der Waals surface area (Å²) in [4.78, 5) is 11.7. The fourth-order valence-electron chi connectivity index (χ4n) is 2.01. The number of hydrogen-bond acceptors (Lipinski definition) is 4. The van der Waals surface area contributed by atoms with Gasteiger partial charge in [0.2, 0.25) is 5.91 Å². The molecule has 0 heterocycles. The highest BCUT2D eigenvalue weighted by atomic mass is 35.5. The number of rotatable bonds is 8. The molecule has 0 unspecified atom stereocenters. The number of ether oxygens (including phenoxy) is 2. The zero-order valence-electron chi connectivity index (χ0n) is 14.0. The zero-order valence-corrected chi connectivity index (χ0v) is 14.8. The Hall–Kier alpha value is -1.46. The molecular formula is C16H27ClN2O3. The lowest BCUT2D eigenvalue weighted by Gasteiger charge is -2.26. The molecule has 22 heavy (non-hydrogen) atoms. The predicted molar refractivity (Wildman–Crippen MR) is 91.4 cm³/mol. The standard InChI is InChI=1S/C16H26N2O3.ClH/c1-16(2,11-18-15(19)8-9-17-3)12-6-7-13(20-4)14(10-12)21-5;/h6-7,10,17H,8-9,11H2,1-5H3,(H,18,19);1H. The normalized spacial score (nSPS) is 10.6. The smallest absolute Gasteiger partial charge is 0.221 e. The zero-order chi connectivity index (χ0) is 15.9. The van der Waals surface area contributed by atoms with Gasteiger partial charge in [0.25, 0.3) is 0 Å². The Kier molecular flexibility index (Phi) is 8.90. The molecule has 1 aromatic carbocycles. The molecule has 0 aliphatic heterocycles. The average molecular weight is 331 g/mol. The summed E-state index contributed by atoms with van der Waals surface area (Å²) in [5.74, 6) is 1.46. The summed E-state index contributed by atoms with van der Waals surface area (Å²) >= 11 is 0.